The molecule has 0 saturated heterocycles. The van der Waals surface area contributed by atoms with E-state index in [1.54, 1.807) is 0 Å². The molecule has 0 fully saturated rings. The molecular formula is C12H7Cl2IO. The largest absolute Gasteiger partial charge is 0.454 e. The van der Waals surface area contributed by atoms with E-state index in [-0.39, 0.29) is 0 Å². The molecule has 0 unspecified atom stereocenters. The van der Waals surface area contributed by atoms with Crippen LogP contribution in [0.5, 0.6) is 11.5 Å². The Morgan fingerprint density at radius 2 is 1.50 bits per heavy atom. The van der Waals surface area contributed by atoms with Gasteiger partial charge in [0.2, 0.25) is 0 Å². The first-order chi connectivity index (χ1) is 7.66. The van der Waals surface area contributed by atoms with E-state index < -0.39 is 0 Å². The summed E-state index contributed by atoms with van der Waals surface area (Å²) in [6.45, 7) is 0. The molecular weight excluding hydrogens is 358 g/mol. The predicted molar refractivity (Wildman–Crippen MR) is 75.7 cm³/mol. The van der Waals surface area contributed by atoms with E-state index in [0.29, 0.717) is 21.5 Å². The van der Waals surface area contributed by atoms with Crippen LogP contribution >= 0.6 is 45.8 Å². The van der Waals surface area contributed by atoms with Crippen molar-refractivity contribution in [2.75, 3.05) is 0 Å². The Morgan fingerprint density at radius 1 is 0.938 bits per heavy atom. The Hall–Kier alpha value is -0.450. The van der Waals surface area contributed by atoms with Gasteiger partial charge in [0.05, 0.1) is 10.0 Å². The van der Waals surface area contributed by atoms with Crippen LogP contribution in [0.1, 0.15) is 0 Å². The lowest BCUT2D eigenvalue weighted by Gasteiger charge is -2.09. The molecule has 0 radical (unpaired) electrons. The second kappa shape index (κ2) is 5.25. The number of hydrogen-bond acceptors (Lipinski definition) is 1. The highest BCUT2D eigenvalue weighted by atomic mass is 127. The maximum atomic E-state index is 6.07. The van der Waals surface area contributed by atoms with Gasteiger partial charge in [-0.25, -0.2) is 0 Å². The molecule has 0 heterocycles. The first-order valence-electron chi connectivity index (χ1n) is 4.54. The fourth-order valence-electron chi connectivity index (χ4n) is 1.23. The molecule has 1 nitrogen and oxygen atoms in total. The fraction of sp³-hybridized carbons (Fsp3) is 0. The fourth-order valence-corrected chi connectivity index (χ4v) is 2.79. The average molecular weight is 365 g/mol. The van der Waals surface area contributed by atoms with Gasteiger partial charge in [0.15, 0.2) is 5.75 Å². The molecule has 0 amide bonds. The van der Waals surface area contributed by atoms with Crippen molar-refractivity contribution in [2.45, 2.75) is 0 Å². The third-order valence-electron chi connectivity index (χ3n) is 1.93. The Morgan fingerprint density at radius 3 is 2.06 bits per heavy atom. The molecule has 0 aliphatic rings. The lowest BCUT2D eigenvalue weighted by Crippen LogP contribution is -1.87. The van der Waals surface area contributed by atoms with Gasteiger partial charge in [-0.05, 0) is 46.9 Å². The van der Waals surface area contributed by atoms with Gasteiger partial charge in [-0.2, -0.15) is 0 Å². The number of hydrogen-bond donors (Lipinski definition) is 0. The molecule has 0 aliphatic heterocycles. The standard InChI is InChI=1S/C12H7Cl2IO/c13-10-6-8(15)7-11(14)12(10)16-9-4-2-1-3-5-9/h1-7H. The molecule has 0 aliphatic carbocycles. The van der Waals surface area contributed by atoms with Crippen LogP contribution in [0.25, 0.3) is 0 Å². The summed E-state index contributed by atoms with van der Waals surface area (Å²) in [6.07, 6.45) is 0. The van der Waals surface area contributed by atoms with Crippen molar-refractivity contribution in [3.8, 4) is 11.5 Å². The van der Waals surface area contributed by atoms with Gasteiger partial charge in [-0.1, -0.05) is 41.4 Å². The zero-order valence-electron chi connectivity index (χ0n) is 8.08. The molecule has 4 heteroatoms. The van der Waals surface area contributed by atoms with Crippen LogP contribution in [0, 0.1) is 3.57 Å². The molecule has 0 bridgehead atoms. The molecule has 82 valence electrons. The summed E-state index contributed by atoms with van der Waals surface area (Å²) in [4.78, 5) is 0. The molecule has 2 aromatic carbocycles. The number of benzene rings is 2. The zero-order chi connectivity index (χ0) is 11.5. The molecule has 2 aromatic rings. The van der Waals surface area contributed by atoms with Crippen LogP contribution in [0.4, 0.5) is 0 Å². The summed E-state index contributed by atoms with van der Waals surface area (Å²) in [5.41, 5.74) is 0. The maximum absolute atomic E-state index is 6.07. The summed E-state index contributed by atoms with van der Waals surface area (Å²) < 4.78 is 6.61. The summed E-state index contributed by atoms with van der Waals surface area (Å²) in [5.74, 6) is 1.21. The highest BCUT2D eigenvalue weighted by Crippen LogP contribution is 2.37. The van der Waals surface area contributed by atoms with Crippen molar-refractivity contribution in [1.82, 2.24) is 0 Å². The smallest absolute Gasteiger partial charge is 0.164 e. The molecule has 0 aromatic heterocycles. The average Bonchev–Trinajstić information content (AvgIpc) is 2.25. The third-order valence-corrected chi connectivity index (χ3v) is 3.11. The maximum Gasteiger partial charge on any atom is 0.164 e. The molecule has 0 saturated carbocycles. The van der Waals surface area contributed by atoms with Gasteiger partial charge in [-0.15, -0.1) is 0 Å². The normalized spacial score (nSPS) is 10.2. The predicted octanol–water partition coefficient (Wildman–Crippen LogP) is 5.39. The van der Waals surface area contributed by atoms with Crippen molar-refractivity contribution < 1.29 is 4.74 Å². The summed E-state index contributed by atoms with van der Waals surface area (Å²) in [5, 5.41) is 1.03. The summed E-state index contributed by atoms with van der Waals surface area (Å²) in [6, 6.07) is 13.0. The summed E-state index contributed by atoms with van der Waals surface area (Å²) in [7, 11) is 0. The van der Waals surface area contributed by atoms with Gasteiger partial charge in [0.25, 0.3) is 0 Å². The van der Waals surface area contributed by atoms with Crippen molar-refractivity contribution in [1.29, 1.82) is 0 Å². The lowest BCUT2D eigenvalue weighted by molar-refractivity contribution is 0.483. The Balaban J connectivity index is 2.35. The highest BCUT2D eigenvalue weighted by molar-refractivity contribution is 14.1. The quantitative estimate of drug-likeness (QED) is 0.649. The summed E-state index contributed by atoms with van der Waals surface area (Å²) >= 11 is 14.3. The lowest BCUT2D eigenvalue weighted by atomic mass is 10.3. The zero-order valence-corrected chi connectivity index (χ0v) is 11.8. The second-order valence-electron chi connectivity index (χ2n) is 3.11. The Labute approximate surface area is 117 Å². The van der Waals surface area contributed by atoms with Crippen molar-refractivity contribution in [2.24, 2.45) is 0 Å². The number of rotatable bonds is 2. The molecule has 16 heavy (non-hydrogen) atoms. The van der Waals surface area contributed by atoms with Crippen molar-refractivity contribution >= 4 is 45.8 Å². The van der Waals surface area contributed by atoms with E-state index in [9.17, 15) is 0 Å². The monoisotopic (exact) mass is 364 g/mol. The van der Waals surface area contributed by atoms with Crippen LogP contribution < -0.4 is 4.74 Å². The molecule has 2 rings (SSSR count). The SMILES string of the molecule is Clc1cc(I)cc(Cl)c1Oc1ccccc1. The van der Waals surface area contributed by atoms with Gasteiger partial charge in [0, 0.05) is 3.57 Å². The van der Waals surface area contributed by atoms with Gasteiger partial charge < -0.3 is 4.74 Å². The molecule has 0 spiro atoms. The van der Waals surface area contributed by atoms with Crippen LogP contribution in [0.3, 0.4) is 0 Å². The van der Waals surface area contributed by atoms with E-state index in [1.165, 1.54) is 0 Å². The Bertz CT molecular complexity index is 477. The minimum atomic E-state index is 0.495. The first-order valence-corrected chi connectivity index (χ1v) is 6.38. The van der Waals surface area contributed by atoms with E-state index in [2.05, 4.69) is 22.6 Å². The third kappa shape index (κ3) is 2.81. The second-order valence-corrected chi connectivity index (χ2v) is 5.17. The van der Waals surface area contributed by atoms with Crippen LogP contribution in [0.2, 0.25) is 10.0 Å². The van der Waals surface area contributed by atoms with Gasteiger partial charge >= 0.3 is 0 Å². The van der Waals surface area contributed by atoms with E-state index in [1.807, 2.05) is 42.5 Å². The van der Waals surface area contributed by atoms with Gasteiger partial charge in [-0.3, -0.25) is 0 Å². The number of halogens is 3. The van der Waals surface area contributed by atoms with Crippen molar-refractivity contribution in [3.63, 3.8) is 0 Å². The molecule has 0 N–H and O–H groups in total. The first kappa shape index (κ1) is 12.0. The van der Waals surface area contributed by atoms with Crippen LogP contribution in [0.15, 0.2) is 42.5 Å². The highest BCUT2D eigenvalue weighted by Gasteiger charge is 2.09. The number of para-hydroxylation sites is 1. The van der Waals surface area contributed by atoms with E-state index in [0.717, 1.165) is 3.57 Å². The van der Waals surface area contributed by atoms with Gasteiger partial charge in [0.1, 0.15) is 5.75 Å². The van der Waals surface area contributed by atoms with E-state index in [4.69, 9.17) is 27.9 Å². The minimum absolute atomic E-state index is 0.495. The van der Waals surface area contributed by atoms with E-state index >= 15 is 0 Å². The van der Waals surface area contributed by atoms with Crippen molar-refractivity contribution in [3.05, 3.63) is 56.1 Å². The van der Waals surface area contributed by atoms with Crippen LogP contribution in [-0.2, 0) is 0 Å². The molecule has 0 atom stereocenters. The topological polar surface area (TPSA) is 9.23 Å². The number of ether oxygens (including phenoxy) is 1. The Kier molecular flexibility index (Phi) is 3.95. The van der Waals surface area contributed by atoms with Crippen LogP contribution in [-0.4, -0.2) is 0 Å². The minimum Gasteiger partial charge on any atom is -0.454 e.